The van der Waals surface area contributed by atoms with Crippen molar-refractivity contribution in [3.8, 4) is 0 Å². The molecule has 0 N–H and O–H groups in total. The molecule has 2 unspecified atom stereocenters. The second-order valence-corrected chi connectivity index (χ2v) is 18.8. The predicted molar refractivity (Wildman–Crippen MR) is 268 cm³/mol. The molecule has 0 heterocycles. The van der Waals surface area contributed by atoms with Crippen LogP contribution < -0.4 is 4.89 Å². The second kappa shape index (κ2) is 46.0. The maximum Gasteiger partial charge on any atom is 0.306 e. The van der Waals surface area contributed by atoms with Gasteiger partial charge in [-0.05, 0) is 89.9 Å². The van der Waals surface area contributed by atoms with Crippen LogP contribution in [0.2, 0.25) is 0 Å². The van der Waals surface area contributed by atoms with Crippen molar-refractivity contribution < 1.29 is 37.3 Å². The molecule has 8 nitrogen and oxygen atoms in total. The predicted octanol–water partition coefficient (Wildman–Crippen LogP) is 14.8. The molecule has 0 aliphatic carbocycles. The van der Waals surface area contributed by atoms with Crippen LogP contribution in [0.4, 0.5) is 0 Å². The number of nitrogens with zero attached hydrogens (tertiary/aromatic N) is 1. The number of carbonyl (C=O) groups excluding carboxylic acids is 1. The summed E-state index contributed by atoms with van der Waals surface area (Å²) in [5.41, 5.74) is 0. The molecule has 9 heteroatoms. The van der Waals surface area contributed by atoms with E-state index >= 15 is 0 Å². The van der Waals surface area contributed by atoms with E-state index in [-0.39, 0.29) is 32.2 Å². The first-order valence-corrected chi connectivity index (χ1v) is 26.4. The molecule has 2 atom stereocenters. The van der Waals surface area contributed by atoms with Gasteiger partial charge in [-0.1, -0.05) is 182 Å². The van der Waals surface area contributed by atoms with Gasteiger partial charge in [0.05, 0.1) is 34.4 Å². The number of phosphoric acid groups is 1. The second-order valence-electron chi connectivity index (χ2n) is 17.4. The minimum absolute atomic E-state index is 0.00900. The fourth-order valence-electron chi connectivity index (χ4n) is 6.30. The topological polar surface area (TPSA) is 94.1 Å². The number of hydrogen-bond donors (Lipinski definition) is 0. The molecular weight excluding hydrogens is 806 g/mol. The lowest BCUT2D eigenvalue weighted by Gasteiger charge is -2.28. The molecule has 0 aliphatic rings. The number of esters is 1. The summed E-state index contributed by atoms with van der Waals surface area (Å²) in [5, 5.41) is 0. The lowest BCUT2D eigenvalue weighted by molar-refractivity contribution is -0.870. The van der Waals surface area contributed by atoms with Gasteiger partial charge in [0.25, 0.3) is 7.82 Å². The summed E-state index contributed by atoms with van der Waals surface area (Å²) in [6, 6.07) is 0. The molecule has 0 saturated carbocycles. The van der Waals surface area contributed by atoms with Crippen LogP contribution in [0.5, 0.6) is 0 Å². The van der Waals surface area contributed by atoms with Gasteiger partial charge in [-0.15, -0.1) is 0 Å². The quantitative estimate of drug-likeness (QED) is 0.0197. The van der Waals surface area contributed by atoms with E-state index in [9.17, 15) is 14.3 Å². The van der Waals surface area contributed by atoms with E-state index in [0.29, 0.717) is 17.6 Å². The molecule has 0 aromatic heterocycles. The van der Waals surface area contributed by atoms with E-state index in [1.807, 2.05) is 21.1 Å². The van der Waals surface area contributed by atoms with Gasteiger partial charge in [0, 0.05) is 13.0 Å². The first-order chi connectivity index (χ1) is 30.6. The molecule has 0 rings (SSSR count). The van der Waals surface area contributed by atoms with E-state index in [1.54, 1.807) is 0 Å². The van der Waals surface area contributed by atoms with Crippen LogP contribution in [0, 0.1) is 0 Å². The van der Waals surface area contributed by atoms with Crippen molar-refractivity contribution in [2.24, 2.45) is 0 Å². The number of rotatable bonds is 45. The first kappa shape index (κ1) is 60.4. The maximum atomic E-state index is 12.7. The van der Waals surface area contributed by atoms with Crippen LogP contribution in [0.25, 0.3) is 0 Å². The zero-order valence-electron chi connectivity index (χ0n) is 41.0. The summed E-state index contributed by atoms with van der Waals surface area (Å²) in [6.45, 7) is 5.11. The van der Waals surface area contributed by atoms with E-state index in [1.165, 1.54) is 83.5 Å². The zero-order valence-corrected chi connectivity index (χ0v) is 41.9. The molecule has 0 fully saturated rings. The molecule has 362 valence electrons. The molecule has 0 aliphatic heterocycles. The summed E-state index contributed by atoms with van der Waals surface area (Å²) in [4.78, 5) is 25.2. The molecule has 0 aromatic rings. The lowest BCUT2D eigenvalue weighted by Crippen LogP contribution is -2.37. The fraction of sp³-hybridized carbons (Fsp3) is 0.685. The summed E-state index contributed by atoms with van der Waals surface area (Å²) >= 11 is 0. The van der Waals surface area contributed by atoms with Crippen LogP contribution in [-0.2, 0) is 27.9 Å². The van der Waals surface area contributed by atoms with Crippen molar-refractivity contribution in [2.75, 3.05) is 54.1 Å². The van der Waals surface area contributed by atoms with Crippen molar-refractivity contribution in [2.45, 2.75) is 187 Å². The maximum absolute atomic E-state index is 12.7. The van der Waals surface area contributed by atoms with Crippen molar-refractivity contribution in [1.29, 1.82) is 0 Å². The van der Waals surface area contributed by atoms with Gasteiger partial charge < -0.3 is 27.9 Å². The number of likely N-dealkylation sites (N-methyl/N-ethyl adjacent to an activating group) is 1. The van der Waals surface area contributed by atoms with E-state index in [2.05, 4.69) is 111 Å². The number of carbonyl (C=O) groups is 1. The molecule has 0 aromatic carbocycles. The van der Waals surface area contributed by atoms with Gasteiger partial charge in [0.1, 0.15) is 19.3 Å². The van der Waals surface area contributed by atoms with Gasteiger partial charge in [0.2, 0.25) is 0 Å². The molecule has 0 saturated heterocycles. The minimum Gasteiger partial charge on any atom is -0.756 e. The summed E-state index contributed by atoms with van der Waals surface area (Å²) in [7, 11) is 1.30. The van der Waals surface area contributed by atoms with Crippen molar-refractivity contribution >= 4 is 13.8 Å². The van der Waals surface area contributed by atoms with Crippen molar-refractivity contribution in [1.82, 2.24) is 0 Å². The summed E-state index contributed by atoms with van der Waals surface area (Å²) in [5.74, 6) is -0.361. The Kier molecular flexibility index (Phi) is 44.1. The average Bonchev–Trinajstić information content (AvgIpc) is 3.24. The van der Waals surface area contributed by atoms with Gasteiger partial charge in [-0.2, -0.15) is 0 Å². The van der Waals surface area contributed by atoms with Crippen LogP contribution >= 0.6 is 7.82 Å². The van der Waals surface area contributed by atoms with Gasteiger partial charge in [0.15, 0.2) is 0 Å². The molecule has 0 bridgehead atoms. The molecule has 0 radical (unpaired) electrons. The Morgan fingerprint density at radius 2 is 0.921 bits per heavy atom. The SMILES string of the molecule is CC/C=C\C/C=C\C/C=C\C/C=C\C/C=C\C/C=C\CCCOCC(COP(=O)([O-])OCC[N+](C)(C)C)OC(=O)CCCCCCCCCCC/C=C\C/C=C\CCCCCCC. The Morgan fingerprint density at radius 1 is 0.508 bits per heavy atom. The molecule has 63 heavy (non-hydrogen) atoms. The van der Waals surface area contributed by atoms with E-state index in [4.69, 9.17) is 18.5 Å². The van der Waals surface area contributed by atoms with Crippen molar-refractivity contribution in [3.63, 3.8) is 0 Å². The van der Waals surface area contributed by atoms with E-state index in [0.717, 1.165) is 77.0 Å². The van der Waals surface area contributed by atoms with Gasteiger partial charge >= 0.3 is 5.97 Å². The molecule has 0 spiro atoms. The monoisotopic (exact) mass is 900 g/mol. The standard InChI is InChI=1S/C54H94NO7P/c1-6-8-10-12-14-16-18-20-22-24-26-28-29-31-33-35-37-39-41-43-45-47-54(56)62-53(52-61-63(57,58)60-50-48-55(3,4)5)51-59-49-46-44-42-40-38-36-34-32-30-27-25-23-21-19-17-15-13-11-9-7-2/h9,11,15,17-18,20-21,23-24,26-27,30,34,36,40,42,53H,6-8,10,12-14,16,19,22,25,28-29,31-33,35,37-39,41,43-52H2,1-5H3/b11-9-,17-15-,20-18-,23-21-,26-24-,30-27-,36-34-,42-40-. The Hall–Kier alpha value is -2.58. The Labute approximate surface area is 387 Å². The number of allylic oxidation sites excluding steroid dienone is 16. The van der Waals surface area contributed by atoms with Crippen LogP contribution in [-0.4, -0.2) is 70.7 Å². The number of ether oxygens (including phenoxy) is 2. The fourth-order valence-corrected chi connectivity index (χ4v) is 7.03. The largest absolute Gasteiger partial charge is 0.756 e. The van der Waals surface area contributed by atoms with Gasteiger partial charge in [-0.25, -0.2) is 0 Å². The van der Waals surface area contributed by atoms with Crippen LogP contribution in [0.15, 0.2) is 97.2 Å². The van der Waals surface area contributed by atoms with Crippen LogP contribution in [0.1, 0.15) is 181 Å². The smallest absolute Gasteiger partial charge is 0.306 e. The summed E-state index contributed by atoms with van der Waals surface area (Å²) in [6.07, 6.45) is 63.0. The third kappa shape index (κ3) is 50.3. The van der Waals surface area contributed by atoms with E-state index < -0.39 is 13.9 Å². The number of quaternary nitrogens is 1. The lowest BCUT2D eigenvalue weighted by atomic mass is 10.1. The first-order valence-electron chi connectivity index (χ1n) is 25.0. The summed E-state index contributed by atoms with van der Waals surface area (Å²) < 4.78 is 34.6. The Morgan fingerprint density at radius 3 is 1.38 bits per heavy atom. The Bertz CT molecular complexity index is 1320. The Balaban J connectivity index is 4.30. The highest BCUT2D eigenvalue weighted by Gasteiger charge is 2.20. The van der Waals surface area contributed by atoms with Crippen LogP contribution in [0.3, 0.4) is 0 Å². The highest BCUT2D eigenvalue weighted by Crippen LogP contribution is 2.38. The minimum atomic E-state index is -4.55. The van der Waals surface area contributed by atoms with Gasteiger partial charge in [-0.3, -0.25) is 9.36 Å². The third-order valence-corrected chi connectivity index (χ3v) is 11.1. The molecular formula is C54H94NO7P. The van der Waals surface area contributed by atoms with Crippen molar-refractivity contribution in [3.05, 3.63) is 97.2 Å². The average molecular weight is 900 g/mol. The number of unbranched alkanes of at least 4 members (excludes halogenated alkanes) is 15. The highest BCUT2D eigenvalue weighted by molar-refractivity contribution is 7.45. The zero-order chi connectivity index (χ0) is 46.2. The number of phosphoric ester groups is 1. The molecule has 0 amide bonds. The normalized spacial score (nSPS) is 14.4. The highest BCUT2D eigenvalue weighted by atomic mass is 31.2. The number of hydrogen-bond acceptors (Lipinski definition) is 7. The third-order valence-electron chi connectivity index (χ3n) is 10.1.